The van der Waals surface area contributed by atoms with Gasteiger partial charge in [0.2, 0.25) is 5.91 Å². The van der Waals surface area contributed by atoms with Crippen LogP contribution in [0.5, 0.6) is 0 Å². The Morgan fingerprint density at radius 1 is 0.933 bits per heavy atom. The van der Waals surface area contributed by atoms with Crippen LogP contribution in [0.3, 0.4) is 0 Å². The SMILES string of the molecule is Cc1cccc(NC(=O)COC(=O)CCC(=O)Nc2cccc(C(F)(F)F)c2)c1C. The van der Waals surface area contributed by atoms with E-state index in [0.29, 0.717) is 5.69 Å². The number of hydrogen-bond donors (Lipinski definition) is 2. The second-order valence-corrected chi connectivity index (χ2v) is 6.58. The zero-order chi connectivity index (χ0) is 22.3. The van der Waals surface area contributed by atoms with Gasteiger partial charge in [-0.05, 0) is 49.2 Å². The number of ether oxygens (including phenoxy) is 1. The van der Waals surface area contributed by atoms with Gasteiger partial charge in [0, 0.05) is 17.8 Å². The topological polar surface area (TPSA) is 84.5 Å². The fourth-order valence-electron chi connectivity index (χ4n) is 2.50. The molecule has 0 radical (unpaired) electrons. The van der Waals surface area contributed by atoms with Gasteiger partial charge in [-0.2, -0.15) is 13.2 Å². The molecule has 2 aromatic carbocycles. The van der Waals surface area contributed by atoms with Crippen LogP contribution in [0, 0.1) is 13.8 Å². The molecule has 2 amide bonds. The van der Waals surface area contributed by atoms with Crippen LogP contribution in [-0.4, -0.2) is 24.4 Å². The van der Waals surface area contributed by atoms with Crippen molar-refractivity contribution < 1.29 is 32.3 Å². The van der Waals surface area contributed by atoms with Crippen molar-refractivity contribution in [3.05, 3.63) is 59.2 Å². The van der Waals surface area contributed by atoms with E-state index in [4.69, 9.17) is 4.74 Å². The maximum absolute atomic E-state index is 12.7. The highest BCUT2D eigenvalue weighted by Crippen LogP contribution is 2.30. The third-order valence-corrected chi connectivity index (χ3v) is 4.27. The van der Waals surface area contributed by atoms with Crippen molar-refractivity contribution in [3.8, 4) is 0 Å². The molecular formula is C21H21F3N2O4. The molecule has 0 spiro atoms. The molecule has 0 aliphatic rings. The summed E-state index contributed by atoms with van der Waals surface area (Å²) in [4.78, 5) is 35.5. The number of nitrogens with one attached hydrogen (secondary N) is 2. The summed E-state index contributed by atoms with van der Waals surface area (Å²) in [7, 11) is 0. The van der Waals surface area contributed by atoms with Gasteiger partial charge in [-0.3, -0.25) is 14.4 Å². The van der Waals surface area contributed by atoms with E-state index in [2.05, 4.69) is 10.6 Å². The molecule has 160 valence electrons. The minimum absolute atomic E-state index is 0.0314. The molecule has 0 saturated heterocycles. The number of carbonyl (C=O) groups is 3. The van der Waals surface area contributed by atoms with Crippen LogP contribution in [0.25, 0.3) is 0 Å². The lowest BCUT2D eigenvalue weighted by atomic mass is 10.1. The Morgan fingerprint density at radius 3 is 2.33 bits per heavy atom. The Labute approximate surface area is 171 Å². The summed E-state index contributed by atoms with van der Waals surface area (Å²) < 4.78 is 42.9. The number of aryl methyl sites for hydroxylation is 1. The van der Waals surface area contributed by atoms with Gasteiger partial charge in [0.05, 0.1) is 12.0 Å². The molecule has 0 atom stereocenters. The number of anilines is 2. The highest BCUT2D eigenvalue weighted by molar-refractivity contribution is 5.95. The Balaban J connectivity index is 1.76. The van der Waals surface area contributed by atoms with Crippen molar-refractivity contribution in [2.24, 2.45) is 0 Å². The zero-order valence-corrected chi connectivity index (χ0v) is 16.4. The molecule has 2 rings (SSSR count). The standard InChI is InChI=1S/C21H21F3N2O4/c1-13-5-3-8-17(14(13)2)26-19(28)12-30-20(29)10-9-18(27)25-16-7-4-6-15(11-16)21(22,23)24/h3-8,11H,9-10,12H2,1-2H3,(H,25,27)(H,26,28). The number of benzene rings is 2. The first-order valence-electron chi connectivity index (χ1n) is 9.05. The van der Waals surface area contributed by atoms with Crippen LogP contribution < -0.4 is 10.6 Å². The van der Waals surface area contributed by atoms with Gasteiger partial charge in [0.15, 0.2) is 6.61 Å². The first-order chi connectivity index (χ1) is 14.1. The Bertz CT molecular complexity index is 942. The molecular weight excluding hydrogens is 401 g/mol. The van der Waals surface area contributed by atoms with Gasteiger partial charge >= 0.3 is 12.1 Å². The van der Waals surface area contributed by atoms with E-state index in [-0.39, 0.29) is 18.5 Å². The molecule has 0 saturated carbocycles. The highest BCUT2D eigenvalue weighted by atomic mass is 19.4. The summed E-state index contributed by atoms with van der Waals surface area (Å²) in [6, 6.07) is 9.57. The van der Waals surface area contributed by atoms with Crippen LogP contribution in [0.15, 0.2) is 42.5 Å². The van der Waals surface area contributed by atoms with E-state index in [1.165, 1.54) is 12.1 Å². The van der Waals surface area contributed by atoms with Crippen molar-refractivity contribution >= 4 is 29.2 Å². The van der Waals surface area contributed by atoms with Gasteiger partial charge in [0.1, 0.15) is 0 Å². The third-order valence-electron chi connectivity index (χ3n) is 4.27. The Hall–Kier alpha value is -3.36. The lowest BCUT2D eigenvalue weighted by Crippen LogP contribution is -2.22. The van der Waals surface area contributed by atoms with Crippen molar-refractivity contribution in [1.29, 1.82) is 0 Å². The largest absolute Gasteiger partial charge is 0.456 e. The third kappa shape index (κ3) is 6.91. The average molecular weight is 422 g/mol. The van der Waals surface area contributed by atoms with E-state index in [0.717, 1.165) is 23.3 Å². The summed E-state index contributed by atoms with van der Waals surface area (Å²) in [6.07, 6.45) is -5.14. The van der Waals surface area contributed by atoms with Crippen molar-refractivity contribution in [2.45, 2.75) is 32.9 Å². The number of rotatable bonds is 7. The summed E-state index contributed by atoms with van der Waals surface area (Å²) in [6.45, 7) is 3.23. The quantitative estimate of drug-likeness (QED) is 0.655. The second kappa shape index (κ2) is 9.91. The van der Waals surface area contributed by atoms with Crippen LogP contribution in [0.4, 0.5) is 24.5 Å². The molecule has 0 fully saturated rings. The van der Waals surface area contributed by atoms with Crippen LogP contribution in [0.2, 0.25) is 0 Å². The number of hydrogen-bond acceptors (Lipinski definition) is 4. The normalized spacial score (nSPS) is 11.0. The monoisotopic (exact) mass is 422 g/mol. The molecule has 30 heavy (non-hydrogen) atoms. The summed E-state index contributed by atoms with van der Waals surface area (Å²) in [5.74, 6) is -1.94. The van der Waals surface area contributed by atoms with Crippen molar-refractivity contribution in [1.82, 2.24) is 0 Å². The Kier molecular flexibility index (Phi) is 7.57. The fourth-order valence-corrected chi connectivity index (χ4v) is 2.50. The van der Waals surface area contributed by atoms with E-state index in [9.17, 15) is 27.6 Å². The van der Waals surface area contributed by atoms with Crippen LogP contribution >= 0.6 is 0 Å². The molecule has 0 unspecified atom stereocenters. The van der Waals surface area contributed by atoms with Crippen molar-refractivity contribution in [3.63, 3.8) is 0 Å². The lowest BCUT2D eigenvalue weighted by Gasteiger charge is -2.11. The average Bonchev–Trinajstić information content (AvgIpc) is 2.68. The lowest BCUT2D eigenvalue weighted by molar-refractivity contribution is -0.147. The predicted molar refractivity (Wildman–Crippen MR) is 105 cm³/mol. The molecule has 9 heteroatoms. The number of esters is 1. The molecule has 2 aromatic rings. The minimum atomic E-state index is -4.53. The zero-order valence-electron chi connectivity index (χ0n) is 16.4. The number of amides is 2. The van der Waals surface area contributed by atoms with Gasteiger partial charge in [-0.15, -0.1) is 0 Å². The van der Waals surface area contributed by atoms with Gasteiger partial charge in [-0.1, -0.05) is 18.2 Å². The molecule has 2 N–H and O–H groups in total. The number of carbonyl (C=O) groups excluding carboxylic acids is 3. The fraction of sp³-hybridized carbons (Fsp3) is 0.286. The van der Waals surface area contributed by atoms with Gasteiger partial charge in [0.25, 0.3) is 5.91 Å². The van der Waals surface area contributed by atoms with Crippen LogP contribution in [-0.2, 0) is 25.3 Å². The molecule has 0 aromatic heterocycles. The molecule has 0 aliphatic carbocycles. The maximum atomic E-state index is 12.7. The van der Waals surface area contributed by atoms with Gasteiger partial charge in [-0.25, -0.2) is 0 Å². The summed E-state index contributed by atoms with van der Waals surface area (Å²) in [5.41, 5.74) is 1.57. The summed E-state index contributed by atoms with van der Waals surface area (Å²) >= 11 is 0. The first kappa shape index (κ1) is 22.9. The molecule has 0 heterocycles. The summed E-state index contributed by atoms with van der Waals surface area (Å²) in [5, 5.41) is 4.93. The smallest absolute Gasteiger partial charge is 0.416 e. The minimum Gasteiger partial charge on any atom is -0.456 e. The van der Waals surface area contributed by atoms with E-state index < -0.39 is 36.1 Å². The van der Waals surface area contributed by atoms with Crippen LogP contribution in [0.1, 0.15) is 29.5 Å². The van der Waals surface area contributed by atoms with E-state index >= 15 is 0 Å². The number of alkyl halides is 3. The van der Waals surface area contributed by atoms with E-state index in [1.54, 1.807) is 12.1 Å². The molecule has 0 aliphatic heterocycles. The molecule has 0 bridgehead atoms. The maximum Gasteiger partial charge on any atom is 0.416 e. The predicted octanol–water partition coefficient (Wildman–Crippen LogP) is 4.22. The highest BCUT2D eigenvalue weighted by Gasteiger charge is 2.30. The van der Waals surface area contributed by atoms with Gasteiger partial charge < -0.3 is 15.4 Å². The number of halogens is 3. The Morgan fingerprint density at radius 2 is 1.63 bits per heavy atom. The first-order valence-corrected chi connectivity index (χ1v) is 9.05. The van der Waals surface area contributed by atoms with Crippen molar-refractivity contribution in [2.75, 3.05) is 17.2 Å². The molecule has 6 nitrogen and oxygen atoms in total. The van der Waals surface area contributed by atoms with E-state index in [1.807, 2.05) is 19.9 Å². The second-order valence-electron chi connectivity index (χ2n) is 6.58.